The van der Waals surface area contributed by atoms with E-state index >= 15 is 0 Å². The van der Waals surface area contributed by atoms with Crippen LogP contribution >= 0.6 is 22.6 Å². The number of pyridine rings is 1. The van der Waals surface area contributed by atoms with Crippen LogP contribution in [0.25, 0.3) is 5.69 Å². The first-order valence-corrected chi connectivity index (χ1v) is 8.96. The van der Waals surface area contributed by atoms with Gasteiger partial charge >= 0.3 is 0 Å². The number of carbonyl (C=O) groups excluding carboxylic acids is 1. The molecule has 2 aromatic heterocycles. The highest BCUT2D eigenvalue weighted by molar-refractivity contribution is 14.1. The van der Waals surface area contributed by atoms with Gasteiger partial charge in [0.25, 0.3) is 5.91 Å². The molecule has 25 heavy (non-hydrogen) atoms. The Bertz CT molecular complexity index is 888. The van der Waals surface area contributed by atoms with Crippen molar-refractivity contribution in [3.8, 4) is 5.69 Å². The number of hydrogen-bond acceptors (Lipinski definition) is 3. The summed E-state index contributed by atoms with van der Waals surface area (Å²) in [6.45, 7) is 0.458. The summed E-state index contributed by atoms with van der Waals surface area (Å²) in [5, 5.41) is 2.98. The van der Waals surface area contributed by atoms with Crippen molar-refractivity contribution < 1.29 is 4.79 Å². The van der Waals surface area contributed by atoms with Crippen molar-refractivity contribution in [2.24, 2.45) is 0 Å². The largest absolute Gasteiger partial charge is 0.363 e. The fourth-order valence-electron chi connectivity index (χ4n) is 2.51. The van der Waals surface area contributed by atoms with Crippen molar-refractivity contribution in [2.45, 2.75) is 6.54 Å². The molecule has 0 saturated heterocycles. The zero-order chi connectivity index (χ0) is 17.8. The lowest BCUT2D eigenvalue weighted by atomic mass is 10.2. The van der Waals surface area contributed by atoms with Gasteiger partial charge in [-0.05, 0) is 70.6 Å². The molecule has 0 saturated carbocycles. The van der Waals surface area contributed by atoms with Crippen LogP contribution in [-0.2, 0) is 6.54 Å². The first-order valence-electron chi connectivity index (χ1n) is 7.88. The van der Waals surface area contributed by atoms with Crippen LogP contribution in [0.2, 0.25) is 0 Å². The van der Waals surface area contributed by atoms with Gasteiger partial charge in [0.2, 0.25) is 0 Å². The first kappa shape index (κ1) is 17.5. The number of nitrogens with one attached hydrogen (secondary N) is 1. The van der Waals surface area contributed by atoms with E-state index in [0.717, 1.165) is 20.6 Å². The Hall–Kier alpha value is -2.35. The van der Waals surface area contributed by atoms with Gasteiger partial charge in [0.05, 0.1) is 0 Å². The maximum absolute atomic E-state index is 12.6. The third kappa shape index (κ3) is 4.19. The summed E-state index contributed by atoms with van der Waals surface area (Å²) in [4.78, 5) is 18.8. The van der Waals surface area contributed by atoms with Gasteiger partial charge in [0.15, 0.2) is 0 Å². The maximum atomic E-state index is 12.6. The van der Waals surface area contributed by atoms with Gasteiger partial charge in [-0.1, -0.05) is 6.07 Å². The number of amides is 1. The number of halogens is 1. The third-order valence-corrected chi connectivity index (χ3v) is 4.46. The molecule has 0 aliphatic carbocycles. The van der Waals surface area contributed by atoms with Crippen LogP contribution in [0.15, 0.2) is 60.9 Å². The summed E-state index contributed by atoms with van der Waals surface area (Å²) >= 11 is 2.27. The highest BCUT2D eigenvalue weighted by Crippen LogP contribution is 2.16. The molecular weight excluding hydrogens is 427 g/mol. The molecule has 0 atom stereocenters. The Labute approximate surface area is 160 Å². The Balaban J connectivity index is 1.75. The molecule has 0 unspecified atom stereocenters. The highest BCUT2D eigenvalue weighted by Gasteiger charge is 2.12. The van der Waals surface area contributed by atoms with Crippen molar-refractivity contribution in [3.63, 3.8) is 0 Å². The molecule has 3 rings (SSSR count). The molecule has 5 nitrogen and oxygen atoms in total. The number of rotatable bonds is 5. The Morgan fingerprint density at radius 3 is 2.80 bits per heavy atom. The molecule has 0 aliphatic heterocycles. The topological polar surface area (TPSA) is 50.2 Å². The predicted octanol–water partition coefficient (Wildman–Crippen LogP) is 3.47. The molecule has 0 spiro atoms. The second-order valence-electron chi connectivity index (χ2n) is 5.84. The number of carbonyl (C=O) groups is 1. The summed E-state index contributed by atoms with van der Waals surface area (Å²) < 4.78 is 3.03. The van der Waals surface area contributed by atoms with Crippen molar-refractivity contribution in [3.05, 3.63) is 75.8 Å². The fraction of sp³-hybridized carbons (Fsp3) is 0.158. The van der Waals surface area contributed by atoms with E-state index in [1.54, 1.807) is 6.20 Å². The van der Waals surface area contributed by atoms with Crippen molar-refractivity contribution in [1.82, 2.24) is 14.9 Å². The number of hydrogen-bond donors (Lipinski definition) is 1. The number of benzene rings is 1. The SMILES string of the molecule is CN(C)c1cc(CNC(=O)c2cccn2-c2cccc(I)c2)ccn1. The Morgan fingerprint density at radius 2 is 2.04 bits per heavy atom. The lowest BCUT2D eigenvalue weighted by Crippen LogP contribution is -2.25. The zero-order valence-corrected chi connectivity index (χ0v) is 16.3. The van der Waals surface area contributed by atoms with Crippen LogP contribution in [0.1, 0.15) is 16.1 Å². The van der Waals surface area contributed by atoms with E-state index in [1.165, 1.54) is 0 Å². The number of anilines is 1. The quantitative estimate of drug-likeness (QED) is 0.611. The van der Waals surface area contributed by atoms with Gasteiger partial charge in [-0.2, -0.15) is 0 Å². The maximum Gasteiger partial charge on any atom is 0.268 e. The van der Waals surface area contributed by atoms with Crippen LogP contribution in [0.5, 0.6) is 0 Å². The number of nitrogens with zero attached hydrogens (tertiary/aromatic N) is 3. The average Bonchev–Trinajstić information content (AvgIpc) is 3.10. The van der Waals surface area contributed by atoms with E-state index < -0.39 is 0 Å². The Morgan fingerprint density at radius 1 is 1.20 bits per heavy atom. The highest BCUT2D eigenvalue weighted by atomic mass is 127. The number of aromatic nitrogens is 2. The van der Waals surface area contributed by atoms with Gasteiger partial charge < -0.3 is 14.8 Å². The van der Waals surface area contributed by atoms with E-state index in [1.807, 2.05) is 78.3 Å². The fourth-order valence-corrected chi connectivity index (χ4v) is 3.03. The van der Waals surface area contributed by atoms with Crippen molar-refractivity contribution >= 4 is 34.3 Å². The molecule has 0 aliphatic rings. The van der Waals surface area contributed by atoms with Crippen LogP contribution in [0, 0.1) is 3.57 Å². The van der Waals surface area contributed by atoms with E-state index in [0.29, 0.717) is 12.2 Å². The second-order valence-corrected chi connectivity index (χ2v) is 7.09. The summed E-state index contributed by atoms with van der Waals surface area (Å²) in [5.41, 5.74) is 2.60. The van der Waals surface area contributed by atoms with Gasteiger partial charge in [-0.25, -0.2) is 4.98 Å². The van der Waals surface area contributed by atoms with Crippen LogP contribution in [-0.4, -0.2) is 29.6 Å². The minimum Gasteiger partial charge on any atom is -0.363 e. The minimum absolute atomic E-state index is 0.105. The smallest absolute Gasteiger partial charge is 0.268 e. The summed E-state index contributed by atoms with van der Waals surface area (Å²) in [6, 6.07) is 15.6. The van der Waals surface area contributed by atoms with Crippen molar-refractivity contribution in [1.29, 1.82) is 0 Å². The van der Waals surface area contributed by atoms with E-state index in [-0.39, 0.29) is 5.91 Å². The standard InChI is InChI=1S/C19H19IN4O/c1-23(2)18-11-14(8-9-21-18)13-22-19(25)17-7-4-10-24(17)16-6-3-5-15(20)12-16/h3-12H,13H2,1-2H3,(H,22,25). The van der Waals surface area contributed by atoms with Gasteiger partial charge in [-0.15, -0.1) is 0 Å². The van der Waals surface area contributed by atoms with Crippen LogP contribution in [0.4, 0.5) is 5.82 Å². The second kappa shape index (κ2) is 7.69. The average molecular weight is 446 g/mol. The summed E-state index contributed by atoms with van der Waals surface area (Å²) in [6.07, 6.45) is 3.66. The lowest BCUT2D eigenvalue weighted by Gasteiger charge is -2.13. The normalized spacial score (nSPS) is 10.5. The van der Waals surface area contributed by atoms with Crippen molar-refractivity contribution in [2.75, 3.05) is 19.0 Å². The Kier molecular flexibility index (Phi) is 5.37. The monoisotopic (exact) mass is 446 g/mol. The molecular formula is C19H19IN4O. The molecule has 1 N–H and O–H groups in total. The van der Waals surface area contributed by atoms with Gasteiger partial charge in [0.1, 0.15) is 11.5 Å². The molecule has 0 bridgehead atoms. The molecule has 1 aromatic carbocycles. The molecule has 0 fully saturated rings. The molecule has 6 heteroatoms. The zero-order valence-electron chi connectivity index (χ0n) is 14.1. The van der Waals surface area contributed by atoms with E-state index in [4.69, 9.17) is 0 Å². The van der Waals surface area contributed by atoms with Gasteiger partial charge in [-0.3, -0.25) is 4.79 Å². The van der Waals surface area contributed by atoms with Gasteiger partial charge in [0, 0.05) is 42.3 Å². The molecule has 1 amide bonds. The minimum atomic E-state index is -0.105. The van der Waals surface area contributed by atoms with E-state index in [2.05, 4.69) is 32.9 Å². The van der Waals surface area contributed by atoms with Crippen LogP contribution in [0.3, 0.4) is 0 Å². The lowest BCUT2D eigenvalue weighted by molar-refractivity contribution is 0.0944. The molecule has 3 aromatic rings. The molecule has 128 valence electrons. The van der Waals surface area contributed by atoms with Crippen LogP contribution < -0.4 is 10.2 Å². The third-order valence-electron chi connectivity index (χ3n) is 3.79. The predicted molar refractivity (Wildman–Crippen MR) is 108 cm³/mol. The molecule has 0 radical (unpaired) electrons. The first-order chi connectivity index (χ1) is 12.0. The molecule has 2 heterocycles. The van der Waals surface area contributed by atoms with E-state index in [9.17, 15) is 4.79 Å². The summed E-state index contributed by atoms with van der Waals surface area (Å²) in [7, 11) is 3.89. The summed E-state index contributed by atoms with van der Waals surface area (Å²) in [5.74, 6) is 0.765.